The highest BCUT2D eigenvalue weighted by Gasteiger charge is 2.36. The maximum absolute atomic E-state index is 14.1. The molecular weight excluding hydrogens is 638 g/mol. The number of anilines is 1. The van der Waals surface area contributed by atoms with Gasteiger partial charge in [-0.3, -0.25) is 18.9 Å². The number of ether oxygens (including phenoxy) is 1. The molecule has 254 valence electrons. The molecule has 9 nitrogen and oxygen atoms in total. The highest BCUT2D eigenvalue weighted by atomic mass is 32.1. The summed E-state index contributed by atoms with van der Waals surface area (Å²) in [6, 6.07) is 4.18. The fourth-order valence-electron chi connectivity index (χ4n) is 6.23. The monoisotopic (exact) mass is 677 g/mol. The van der Waals surface area contributed by atoms with Crippen LogP contribution < -0.4 is 9.64 Å². The van der Waals surface area contributed by atoms with Crippen LogP contribution >= 0.6 is 11.3 Å². The fourth-order valence-corrected chi connectivity index (χ4v) is 7.35. The second-order valence-corrected chi connectivity index (χ2v) is 13.2. The van der Waals surface area contributed by atoms with Crippen molar-refractivity contribution in [3.05, 3.63) is 51.7 Å². The van der Waals surface area contributed by atoms with Gasteiger partial charge in [-0.05, 0) is 56.8 Å². The lowest BCUT2D eigenvalue weighted by atomic mass is 9.97. The molecule has 1 aromatic carbocycles. The van der Waals surface area contributed by atoms with Gasteiger partial charge >= 0.3 is 12.1 Å². The van der Waals surface area contributed by atoms with Crippen molar-refractivity contribution >= 4 is 28.9 Å². The second kappa shape index (κ2) is 15.5. The molecule has 14 heteroatoms. The Hall–Kier alpha value is -3.65. The number of likely N-dealkylation sites (tertiary alicyclic amines) is 1. The summed E-state index contributed by atoms with van der Waals surface area (Å²) in [4.78, 5) is 43.0. The lowest BCUT2D eigenvalue weighted by molar-refractivity contribution is -0.142. The van der Waals surface area contributed by atoms with Gasteiger partial charge in [-0.25, -0.2) is 15.0 Å². The first-order valence-corrected chi connectivity index (χ1v) is 16.8. The third-order valence-electron chi connectivity index (χ3n) is 8.71. The van der Waals surface area contributed by atoms with Crippen molar-refractivity contribution in [2.24, 2.45) is 5.92 Å². The lowest BCUT2D eigenvalue weighted by Gasteiger charge is -2.30. The number of aromatic nitrogens is 3. The number of Topliss-reactive ketones (excluding diaryl/α,β-unsaturated/α-hetero) is 1. The largest absolute Gasteiger partial charge is 0.493 e. The van der Waals surface area contributed by atoms with Gasteiger partial charge in [-0.1, -0.05) is 13.3 Å². The number of carboxylic acid groups (broad SMARTS) is 1. The van der Waals surface area contributed by atoms with Crippen LogP contribution in [0, 0.1) is 5.92 Å². The van der Waals surface area contributed by atoms with Crippen LogP contribution in [0.4, 0.5) is 23.4 Å². The molecule has 3 aromatic rings. The van der Waals surface area contributed by atoms with Gasteiger partial charge in [0.05, 0.1) is 49.3 Å². The van der Waals surface area contributed by atoms with Crippen LogP contribution in [0.15, 0.2) is 30.6 Å². The molecule has 0 spiro atoms. The van der Waals surface area contributed by atoms with Gasteiger partial charge < -0.3 is 14.7 Å². The van der Waals surface area contributed by atoms with E-state index in [1.807, 2.05) is 4.90 Å². The summed E-state index contributed by atoms with van der Waals surface area (Å²) in [6.45, 7) is 3.71. The molecule has 2 aliphatic rings. The number of aliphatic carboxylic acids is 1. The molecule has 1 atom stereocenters. The second-order valence-electron chi connectivity index (χ2n) is 12.0. The number of thiazole rings is 1. The van der Waals surface area contributed by atoms with Crippen molar-refractivity contribution in [1.29, 1.82) is 0 Å². The average Bonchev–Trinajstić information content (AvgIpc) is 3.67. The summed E-state index contributed by atoms with van der Waals surface area (Å²) >= 11 is 1.31. The number of carbonyl (C=O) groups excluding carboxylic acids is 1. The molecular formula is C33H39F4N5O4S. The highest BCUT2D eigenvalue weighted by Crippen LogP contribution is 2.41. The van der Waals surface area contributed by atoms with E-state index in [0.29, 0.717) is 55.0 Å². The van der Waals surface area contributed by atoms with Crippen LogP contribution in [-0.2, 0) is 23.9 Å². The molecule has 1 unspecified atom stereocenters. The number of carboxylic acids is 1. The van der Waals surface area contributed by atoms with Crippen LogP contribution in [0.25, 0.3) is 11.3 Å². The molecule has 47 heavy (non-hydrogen) atoms. The first-order valence-electron chi connectivity index (χ1n) is 16.0. The Labute approximate surface area is 275 Å². The van der Waals surface area contributed by atoms with E-state index in [4.69, 9.17) is 9.72 Å². The molecule has 2 aromatic heterocycles. The van der Waals surface area contributed by atoms with E-state index in [-0.39, 0.29) is 48.2 Å². The van der Waals surface area contributed by atoms with E-state index in [9.17, 15) is 32.3 Å². The minimum atomic E-state index is -4.70. The standard InChI is InChI=1S/C33H39F4N5O4S/c1-2-5-23-6-3-12-42(23)20-28-31(22-7-8-27(46-15-4-11-34)24(16-22)33(35,36)37)40-30(47-28)17-26(43)25-18-39-29(19-38-25)41-13-9-21(10-14-41)32(44)45/h7-8,16,18-19,21,23H,2-6,9-15,17,20H2,1H3,(H,44,45). The topological polar surface area (TPSA) is 109 Å². The zero-order chi connectivity index (χ0) is 33.6. The van der Waals surface area contributed by atoms with Crippen molar-refractivity contribution < 1.29 is 37.0 Å². The van der Waals surface area contributed by atoms with E-state index in [0.717, 1.165) is 43.2 Å². The van der Waals surface area contributed by atoms with Crippen LogP contribution in [0.3, 0.4) is 0 Å². The van der Waals surface area contributed by atoms with Crippen molar-refractivity contribution in [2.75, 3.05) is 37.8 Å². The van der Waals surface area contributed by atoms with Gasteiger partial charge in [0.2, 0.25) is 0 Å². The summed E-state index contributed by atoms with van der Waals surface area (Å²) in [5.74, 6) is -1.30. The molecule has 4 heterocycles. The maximum Gasteiger partial charge on any atom is 0.419 e. The minimum absolute atomic E-state index is 0.0139. The Morgan fingerprint density at radius 2 is 1.89 bits per heavy atom. The van der Waals surface area contributed by atoms with E-state index in [1.54, 1.807) is 0 Å². The number of hydrogen-bond donors (Lipinski definition) is 1. The maximum atomic E-state index is 14.1. The molecule has 0 saturated carbocycles. The normalized spacial score (nSPS) is 17.7. The van der Waals surface area contributed by atoms with Gasteiger partial charge in [0.15, 0.2) is 5.78 Å². The minimum Gasteiger partial charge on any atom is -0.493 e. The van der Waals surface area contributed by atoms with Crippen molar-refractivity contribution in [3.63, 3.8) is 0 Å². The third-order valence-corrected chi connectivity index (χ3v) is 9.75. The van der Waals surface area contributed by atoms with Gasteiger partial charge in [-0.2, -0.15) is 13.2 Å². The number of piperidine rings is 1. The van der Waals surface area contributed by atoms with Crippen molar-refractivity contribution in [2.45, 2.75) is 77.1 Å². The van der Waals surface area contributed by atoms with Crippen LogP contribution in [-0.4, -0.2) is 75.7 Å². The predicted octanol–water partition coefficient (Wildman–Crippen LogP) is 6.85. The highest BCUT2D eigenvalue weighted by molar-refractivity contribution is 7.12. The zero-order valence-corrected chi connectivity index (χ0v) is 27.1. The molecule has 0 aliphatic carbocycles. The predicted molar refractivity (Wildman–Crippen MR) is 170 cm³/mol. The summed E-state index contributed by atoms with van der Waals surface area (Å²) < 4.78 is 60.2. The SMILES string of the molecule is CCCC1CCCN1Cc1sc(CC(=O)c2cnc(N3CCC(C(=O)O)CC3)cn2)nc1-c1ccc(OCCCF)c(C(F)(F)F)c1. The Kier molecular flexibility index (Phi) is 11.4. The smallest absolute Gasteiger partial charge is 0.419 e. The third kappa shape index (κ3) is 8.64. The number of benzene rings is 1. The van der Waals surface area contributed by atoms with Gasteiger partial charge in [0.25, 0.3) is 0 Å². The number of alkyl halides is 4. The molecule has 0 radical (unpaired) electrons. The number of halogens is 4. The summed E-state index contributed by atoms with van der Waals surface area (Å²) in [5, 5.41) is 9.70. The Morgan fingerprint density at radius 3 is 2.55 bits per heavy atom. The van der Waals surface area contributed by atoms with E-state index >= 15 is 0 Å². The number of ketones is 1. The van der Waals surface area contributed by atoms with Gasteiger partial charge in [0, 0.05) is 42.5 Å². The average molecular weight is 678 g/mol. The number of nitrogens with zero attached hydrogens (tertiary/aromatic N) is 5. The first-order chi connectivity index (χ1) is 22.6. The number of rotatable bonds is 14. The molecule has 2 saturated heterocycles. The molecule has 5 rings (SSSR count). The van der Waals surface area contributed by atoms with Crippen molar-refractivity contribution in [1.82, 2.24) is 19.9 Å². The Morgan fingerprint density at radius 1 is 1.11 bits per heavy atom. The molecule has 2 fully saturated rings. The fraction of sp³-hybridized carbons (Fsp3) is 0.545. The van der Waals surface area contributed by atoms with Crippen LogP contribution in [0.1, 0.15) is 77.8 Å². The number of carbonyl (C=O) groups is 2. The number of hydrogen-bond acceptors (Lipinski definition) is 9. The lowest BCUT2D eigenvalue weighted by Crippen LogP contribution is -2.36. The summed E-state index contributed by atoms with van der Waals surface area (Å²) in [6.07, 6.45) is 3.24. The summed E-state index contributed by atoms with van der Waals surface area (Å²) in [7, 11) is 0. The van der Waals surface area contributed by atoms with Gasteiger partial charge in [0.1, 0.15) is 22.3 Å². The van der Waals surface area contributed by atoms with E-state index in [1.165, 1.54) is 35.9 Å². The Balaban J connectivity index is 1.38. The van der Waals surface area contributed by atoms with Crippen molar-refractivity contribution in [3.8, 4) is 17.0 Å². The van der Waals surface area contributed by atoms with E-state index < -0.39 is 24.4 Å². The van der Waals surface area contributed by atoms with Crippen LogP contribution in [0.5, 0.6) is 5.75 Å². The van der Waals surface area contributed by atoms with Gasteiger partial charge in [-0.15, -0.1) is 11.3 Å². The zero-order valence-electron chi connectivity index (χ0n) is 26.3. The Bertz CT molecular complexity index is 1530. The summed E-state index contributed by atoms with van der Waals surface area (Å²) in [5.41, 5.74) is -0.156. The molecule has 0 bridgehead atoms. The van der Waals surface area contributed by atoms with Crippen LogP contribution in [0.2, 0.25) is 0 Å². The molecule has 2 aliphatic heterocycles. The first kappa shape index (κ1) is 34.7. The quantitative estimate of drug-likeness (QED) is 0.111. The van der Waals surface area contributed by atoms with E-state index in [2.05, 4.69) is 21.8 Å². The molecule has 0 amide bonds. The molecule has 1 N–H and O–H groups in total.